The van der Waals surface area contributed by atoms with Gasteiger partial charge in [-0.05, 0) is 19.4 Å². The Hall–Kier alpha value is -1.10. The number of aliphatic carboxylic acids is 1. The van der Waals surface area contributed by atoms with Crippen LogP contribution in [0.15, 0.2) is 0 Å². The van der Waals surface area contributed by atoms with E-state index in [1.807, 2.05) is 6.92 Å². The van der Waals surface area contributed by atoms with Crippen molar-refractivity contribution in [3.63, 3.8) is 0 Å². The summed E-state index contributed by atoms with van der Waals surface area (Å²) in [5, 5.41) is 11.6. The van der Waals surface area contributed by atoms with Gasteiger partial charge in [0.15, 0.2) is 0 Å². The number of unbranched alkanes of at least 4 members (excludes halogenated alkanes) is 1. The Labute approximate surface area is 83.7 Å². The summed E-state index contributed by atoms with van der Waals surface area (Å²) in [5.41, 5.74) is 4.94. The smallest absolute Gasteiger partial charge is 0.320 e. The van der Waals surface area contributed by atoms with Crippen LogP contribution in [0.3, 0.4) is 0 Å². The highest BCUT2D eigenvalue weighted by Crippen LogP contribution is 1.97. The molecule has 0 aromatic rings. The number of primary amides is 1. The van der Waals surface area contributed by atoms with E-state index in [0.717, 1.165) is 12.8 Å². The molecule has 1 atom stereocenters. The second-order valence-electron chi connectivity index (χ2n) is 3.20. The number of carbonyl (C=O) groups is 2. The Morgan fingerprint density at radius 1 is 1.50 bits per heavy atom. The second-order valence-corrected chi connectivity index (χ2v) is 3.20. The number of nitrogens with one attached hydrogen (secondary N) is 1. The molecule has 5 heteroatoms. The lowest BCUT2D eigenvalue weighted by Gasteiger charge is -2.12. The molecule has 4 N–H and O–H groups in total. The van der Waals surface area contributed by atoms with E-state index in [4.69, 9.17) is 10.8 Å². The number of hydrogen-bond donors (Lipinski definition) is 3. The van der Waals surface area contributed by atoms with E-state index in [1.54, 1.807) is 0 Å². The number of hydrogen-bond acceptors (Lipinski definition) is 3. The van der Waals surface area contributed by atoms with Gasteiger partial charge >= 0.3 is 5.97 Å². The molecule has 0 saturated carbocycles. The average Bonchev–Trinajstić information content (AvgIpc) is 2.10. The summed E-state index contributed by atoms with van der Waals surface area (Å²) in [6.45, 7) is 2.69. The highest BCUT2D eigenvalue weighted by atomic mass is 16.4. The molecular weight excluding hydrogens is 184 g/mol. The third-order valence-electron chi connectivity index (χ3n) is 1.90. The van der Waals surface area contributed by atoms with Crippen molar-refractivity contribution >= 4 is 11.9 Å². The molecule has 5 nitrogen and oxygen atoms in total. The van der Waals surface area contributed by atoms with E-state index in [9.17, 15) is 9.59 Å². The maximum atomic E-state index is 10.7. The van der Waals surface area contributed by atoms with Crippen LogP contribution in [0.2, 0.25) is 0 Å². The summed E-state index contributed by atoms with van der Waals surface area (Å²) < 4.78 is 0. The van der Waals surface area contributed by atoms with Crippen LogP contribution < -0.4 is 11.1 Å². The molecule has 1 amide bonds. The van der Waals surface area contributed by atoms with Crippen LogP contribution in [0, 0.1) is 0 Å². The molecule has 0 radical (unpaired) electrons. The molecular formula is C9H18N2O3. The van der Waals surface area contributed by atoms with E-state index < -0.39 is 17.9 Å². The standard InChI is InChI=1S/C9H18N2O3/c1-2-3-6-11-7(9(13)14)4-5-8(10)12/h7,11H,2-6H2,1H3,(H2,10,12)(H,13,14)/t7-/m0/s1. The van der Waals surface area contributed by atoms with Crippen LogP contribution in [0.25, 0.3) is 0 Å². The second kappa shape index (κ2) is 7.32. The summed E-state index contributed by atoms with van der Waals surface area (Å²) in [6, 6.07) is -0.658. The average molecular weight is 202 g/mol. The van der Waals surface area contributed by atoms with E-state index in [2.05, 4.69) is 5.32 Å². The van der Waals surface area contributed by atoms with Gasteiger partial charge in [0.1, 0.15) is 6.04 Å². The van der Waals surface area contributed by atoms with Crippen LogP contribution in [0.5, 0.6) is 0 Å². The molecule has 0 heterocycles. The zero-order valence-electron chi connectivity index (χ0n) is 8.45. The lowest BCUT2D eigenvalue weighted by molar-refractivity contribution is -0.139. The first-order valence-electron chi connectivity index (χ1n) is 4.82. The lowest BCUT2D eigenvalue weighted by atomic mass is 10.1. The van der Waals surface area contributed by atoms with Crippen molar-refractivity contribution in [2.75, 3.05) is 6.54 Å². The first-order valence-corrected chi connectivity index (χ1v) is 4.82. The molecule has 0 rings (SSSR count). The maximum Gasteiger partial charge on any atom is 0.320 e. The van der Waals surface area contributed by atoms with Crippen molar-refractivity contribution in [1.29, 1.82) is 0 Å². The number of carboxylic acid groups (broad SMARTS) is 1. The molecule has 82 valence electrons. The highest BCUT2D eigenvalue weighted by molar-refractivity contribution is 5.77. The fourth-order valence-corrected chi connectivity index (χ4v) is 1.05. The van der Waals surface area contributed by atoms with Crippen molar-refractivity contribution in [2.24, 2.45) is 5.73 Å². The van der Waals surface area contributed by atoms with E-state index >= 15 is 0 Å². The van der Waals surface area contributed by atoms with Crippen molar-refractivity contribution < 1.29 is 14.7 Å². The first-order chi connectivity index (χ1) is 6.57. The van der Waals surface area contributed by atoms with Gasteiger partial charge in [0.25, 0.3) is 0 Å². The van der Waals surface area contributed by atoms with Crippen LogP contribution in [-0.4, -0.2) is 29.6 Å². The molecule has 0 aromatic heterocycles. The third kappa shape index (κ3) is 6.42. The van der Waals surface area contributed by atoms with Crippen LogP contribution in [0.4, 0.5) is 0 Å². The molecule has 14 heavy (non-hydrogen) atoms. The summed E-state index contributed by atoms with van der Waals surface area (Å²) in [6.07, 6.45) is 2.31. The van der Waals surface area contributed by atoms with Crippen LogP contribution >= 0.6 is 0 Å². The maximum absolute atomic E-state index is 10.7. The molecule has 0 aliphatic carbocycles. The quantitative estimate of drug-likeness (QED) is 0.486. The van der Waals surface area contributed by atoms with Crippen LogP contribution in [0.1, 0.15) is 32.6 Å². The Morgan fingerprint density at radius 2 is 2.14 bits per heavy atom. The van der Waals surface area contributed by atoms with Crippen LogP contribution in [-0.2, 0) is 9.59 Å². The number of carboxylic acids is 1. The topological polar surface area (TPSA) is 92.4 Å². The van der Waals surface area contributed by atoms with Gasteiger partial charge in [0.2, 0.25) is 5.91 Å². The number of carbonyl (C=O) groups excluding carboxylic acids is 1. The summed E-state index contributed by atoms with van der Waals surface area (Å²) >= 11 is 0. The van der Waals surface area contributed by atoms with Gasteiger partial charge in [0, 0.05) is 6.42 Å². The van der Waals surface area contributed by atoms with Crippen molar-refractivity contribution in [3.8, 4) is 0 Å². The SMILES string of the molecule is CCCCN[C@@H](CCC(N)=O)C(=O)O. The van der Waals surface area contributed by atoms with Gasteiger partial charge in [-0.3, -0.25) is 9.59 Å². The summed E-state index contributed by atoms with van der Waals surface area (Å²) in [5.74, 6) is -1.39. The monoisotopic (exact) mass is 202 g/mol. The zero-order valence-corrected chi connectivity index (χ0v) is 8.45. The van der Waals surface area contributed by atoms with E-state index in [0.29, 0.717) is 6.54 Å². The van der Waals surface area contributed by atoms with E-state index in [1.165, 1.54) is 0 Å². The van der Waals surface area contributed by atoms with Gasteiger partial charge in [-0.2, -0.15) is 0 Å². The first kappa shape index (κ1) is 12.9. The molecule has 0 aliphatic rings. The van der Waals surface area contributed by atoms with Crippen molar-refractivity contribution in [3.05, 3.63) is 0 Å². The minimum atomic E-state index is -0.928. The Balaban J connectivity index is 3.78. The van der Waals surface area contributed by atoms with Gasteiger partial charge in [-0.25, -0.2) is 0 Å². The fraction of sp³-hybridized carbons (Fsp3) is 0.778. The fourth-order valence-electron chi connectivity index (χ4n) is 1.05. The summed E-state index contributed by atoms with van der Waals surface area (Å²) in [7, 11) is 0. The van der Waals surface area contributed by atoms with Gasteiger partial charge in [-0.1, -0.05) is 13.3 Å². The lowest BCUT2D eigenvalue weighted by Crippen LogP contribution is -2.38. The van der Waals surface area contributed by atoms with Crippen molar-refractivity contribution in [1.82, 2.24) is 5.32 Å². The number of rotatable bonds is 8. The molecule has 0 spiro atoms. The van der Waals surface area contributed by atoms with Crippen molar-refractivity contribution in [2.45, 2.75) is 38.6 Å². The predicted molar refractivity (Wildman–Crippen MR) is 52.8 cm³/mol. The molecule has 0 saturated heterocycles. The van der Waals surface area contributed by atoms with Gasteiger partial charge in [-0.15, -0.1) is 0 Å². The number of nitrogens with two attached hydrogens (primary N) is 1. The minimum absolute atomic E-state index is 0.107. The molecule has 0 aromatic carbocycles. The van der Waals surface area contributed by atoms with Gasteiger partial charge in [0.05, 0.1) is 0 Å². The summed E-state index contributed by atoms with van der Waals surface area (Å²) in [4.78, 5) is 21.1. The Bertz CT molecular complexity index is 194. The minimum Gasteiger partial charge on any atom is -0.480 e. The molecule has 0 fully saturated rings. The molecule has 0 bridgehead atoms. The molecule has 0 unspecified atom stereocenters. The molecule has 0 aliphatic heterocycles. The zero-order chi connectivity index (χ0) is 11.0. The van der Waals surface area contributed by atoms with E-state index in [-0.39, 0.29) is 12.8 Å². The normalized spacial score (nSPS) is 12.4. The predicted octanol–water partition coefficient (Wildman–Crippen LogP) is 0.0948. The Morgan fingerprint density at radius 3 is 2.57 bits per heavy atom. The Kier molecular flexibility index (Phi) is 6.74. The van der Waals surface area contributed by atoms with Gasteiger partial charge < -0.3 is 16.2 Å². The third-order valence-corrected chi connectivity index (χ3v) is 1.90. The highest BCUT2D eigenvalue weighted by Gasteiger charge is 2.16. The number of amides is 1. The largest absolute Gasteiger partial charge is 0.480 e.